The van der Waals surface area contributed by atoms with Crippen LogP contribution in [0.25, 0.3) is 0 Å². The number of benzene rings is 1. The lowest BCUT2D eigenvalue weighted by Crippen LogP contribution is -2.28. The van der Waals surface area contributed by atoms with Gasteiger partial charge in [-0.3, -0.25) is 4.79 Å². The van der Waals surface area contributed by atoms with Crippen LogP contribution in [-0.4, -0.2) is 37.6 Å². The van der Waals surface area contributed by atoms with Crippen LogP contribution in [0.15, 0.2) is 22.4 Å². The van der Waals surface area contributed by atoms with Crippen LogP contribution in [0.3, 0.4) is 0 Å². The van der Waals surface area contributed by atoms with Gasteiger partial charge in [0.2, 0.25) is 10.0 Å². The third kappa shape index (κ3) is 4.15. The smallest absolute Gasteiger partial charge is 0.350 e. The van der Waals surface area contributed by atoms with E-state index in [-0.39, 0.29) is 22.2 Å². The minimum absolute atomic E-state index is 0.0103. The molecule has 29 heavy (non-hydrogen) atoms. The van der Waals surface area contributed by atoms with Gasteiger partial charge in [0.25, 0.3) is 0 Å². The minimum atomic E-state index is -3.70. The van der Waals surface area contributed by atoms with Gasteiger partial charge >= 0.3 is 5.97 Å². The van der Waals surface area contributed by atoms with Gasteiger partial charge in [-0.05, 0) is 74.2 Å². The lowest BCUT2D eigenvalue weighted by atomic mass is 9.92. The summed E-state index contributed by atoms with van der Waals surface area (Å²) in [6, 6.07) is 3.37. The molecular formula is C21H25NO5S2. The van der Waals surface area contributed by atoms with Gasteiger partial charge < -0.3 is 4.74 Å². The molecule has 0 radical (unpaired) electrons. The fraction of sp³-hybridized carbons (Fsp3) is 0.429. The number of aryl methyl sites for hydroxylation is 2. The third-order valence-electron chi connectivity index (χ3n) is 5.33. The third-order valence-corrected chi connectivity index (χ3v) is 8.29. The van der Waals surface area contributed by atoms with E-state index in [1.165, 1.54) is 17.3 Å². The van der Waals surface area contributed by atoms with E-state index < -0.39 is 16.0 Å². The molecule has 0 atom stereocenters. The molecule has 1 aromatic carbocycles. The van der Waals surface area contributed by atoms with E-state index in [9.17, 15) is 18.0 Å². The summed E-state index contributed by atoms with van der Waals surface area (Å²) in [7, 11) is -3.70. The molecule has 1 aliphatic rings. The summed E-state index contributed by atoms with van der Waals surface area (Å²) in [6.07, 6.45) is 1.65. The highest BCUT2D eigenvalue weighted by molar-refractivity contribution is 7.89. The Labute approximate surface area is 175 Å². The van der Waals surface area contributed by atoms with Crippen molar-refractivity contribution in [3.63, 3.8) is 0 Å². The maximum absolute atomic E-state index is 12.8. The Morgan fingerprint density at radius 1 is 1.14 bits per heavy atom. The van der Waals surface area contributed by atoms with Crippen molar-refractivity contribution in [1.29, 1.82) is 0 Å². The number of sulfonamides is 1. The number of carbonyl (C=O) groups excluding carboxylic acids is 2. The van der Waals surface area contributed by atoms with Gasteiger partial charge in [0.1, 0.15) is 16.4 Å². The summed E-state index contributed by atoms with van der Waals surface area (Å²) >= 11 is 1.06. The van der Waals surface area contributed by atoms with Gasteiger partial charge in [0.15, 0.2) is 5.78 Å². The summed E-state index contributed by atoms with van der Waals surface area (Å²) in [6.45, 7) is 8.08. The molecular weight excluding hydrogens is 410 g/mol. The lowest BCUT2D eigenvalue weighted by molar-refractivity contribution is 0.0473. The van der Waals surface area contributed by atoms with Gasteiger partial charge in [-0.2, -0.15) is 4.31 Å². The molecule has 1 fully saturated rings. The summed E-state index contributed by atoms with van der Waals surface area (Å²) < 4.78 is 32.6. The van der Waals surface area contributed by atoms with Crippen LogP contribution in [0, 0.1) is 20.8 Å². The second-order valence-electron chi connectivity index (χ2n) is 7.35. The monoisotopic (exact) mass is 435 g/mol. The highest BCUT2D eigenvalue weighted by Crippen LogP contribution is 2.29. The summed E-state index contributed by atoms with van der Waals surface area (Å²) in [5.41, 5.74) is 4.01. The van der Waals surface area contributed by atoms with Crippen LogP contribution in [0.1, 0.15) is 62.0 Å². The molecule has 0 N–H and O–H groups in total. The largest absolute Gasteiger partial charge is 0.457 e. The summed E-state index contributed by atoms with van der Waals surface area (Å²) in [5, 5.41) is 1.59. The van der Waals surface area contributed by atoms with Crippen LogP contribution in [0.5, 0.6) is 0 Å². The number of rotatable bonds is 6. The molecule has 156 valence electrons. The molecule has 0 saturated carbocycles. The second-order valence-corrected chi connectivity index (χ2v) is 10.2. The van der Waals surface area contributed by atoms with Crippen LogP contribution < -0.4 is 0 Å². The highest BCUT2D eigenvalue weighted by Gasteiger charge is 2.32. The number of nitrogens with zero attached hydrogens (tertiary/aromatic N) is 1. The zero-order chi connectivity index (χ0) is 21.3. The van der Waals surface area contributed by atoms with Crippen molar-refractivity contribution in [3.05, 3.63) is 50.2 Å². The maximum Gasteiger partial charge on any atom is 0.350 e. The SMILES string of the molecule is CC(=O)c1c(C)cc(C)c(COC(=O)c2sccc2S(=O)(=O)N2CCCC2)c1C. The number of ether oxygens (including phenoxy) is 1. The van der Waals surface area contributed by atoms with Gasteiger partial charge in [-0.15, -0.1) is 11.3 Å². The molecule has 0 bridgehead atoms. The fourth-order valence-electron chi connectivity index (χ4n) is 3.91. The van der Waals surface area contributed by atoms with Gasteiger partial charge in [0, 0.05) is 18.7 Å². The predicted octanol–water partition coefficient (Wildman–Crippen LogP) is 4.02. The fourth-order valence-corrected chi connectivity index (χ4v) is 6.71. The average molecular weight is 436 g/mol. The van der Waals surface area contributed by atoms with E-state index in [2.05, 4.69) is 0 Å². The first-order valence-electron chi connectivity index (χ1n) is 9.50. The Hall–Kier alpha value is -2.03. The number of ketones is 1. The number of Topliss-reactive ketones (excluding diaryl/α,β-unsaturated/α-hetero) is 1. The van der Waals surface area contributed by atoms with Crippen molar-refractivity contribution >= 4 is 33.1 Å². The number of hydrogen-bond acceptors (Lipinski definition) is 6. The van der Waals surface area contributed by atoms with Crippen molar-refractivity contribution in [2.24, 2.45) is 0 Å². The van der Waals surface area contributed by atoms with E-state index in [1.54, 1.807) is 5.38 Å². The first-order chi connectivity index (χ1) is 13.6. The first kappa shape index (κ1) is 21.7. The van der Waals surface area contributed by atoms with Crippen molar-refractivity contribution in [2.45, 2.75) is 52.0 Å². The Balaban J connectivity index is 1.84. The number of esters is 1. The normalized spacial score (nSPS) is 14.9. The van der Waals surface area contributed by atoms with Crippen LogP contribution in [-0.2, 0) is 21.4 Å². The highest BCUT2D eigenvalue weighted by atomic mass is 32.2. The van der Waals surface area contributed by atoms with E-state index in [1.807, 2.05) is 26.8 Å². The Bertz CT molecular complexity index is 1060. The zero-order valence-electron chi connectivity index (χ0n) is 17.1. The first-order valence-corrected chi connectivity index (χ1v) is 11.8. The standard InChI is InChI=1S/C21H25NO5S2/c1-13-11-14(2)19(16(4)23)15(3)17(13)12-27-21(24)20-18(7-10-28-20)29(25,26)22-8-5-6-9-22/h7,10-11H,5-6,8-9,12H2,1-4H3. The van der Waals surface area contributed by atoms with Gasteiger partial charge in [-0.25, -0.2) is 13.2 Å². The van der Waals surface area contributed by atoms with E-state index in [0.29, 0.717) is 18.7 Å². The minimum Gasteiger partial charge on any atom is -0.457 e. The molecule has 0 spiro atoms. The summed E-state index contributed by atoms with van der Waals surface area (Å²) in [5.74, 6) is -0.702. The van der Waals surface area contributed by atoms with Gasteiger partial charge in [0.05, 0.1) is 0 Å². The molecule has 8 heteroatoms. The van der Waals surface area contributed by atoms with Crippen LogP contribution >= 0.6 is 11.3 Å². The predicted molar refractivity (Wildman–Crippen MR) is 112 cm³/mol. The molecule has 2 aromatic rings. The van der Waals surface area contributed by atoms with Crippen molar-refractivity contribution < 1.29 is 22.7 Å². The number of hydrogen-bond donors (Lipinski definition) is 0. The molecule has 1 aliphatic heterocycles. The molecule has 0 aliphatic carbocycles. The van der Waals surface area contributed by atoms with Crippen LogP contribution in [0.2, 0.25) is 0 Å². The van der Waals surface area contributed by atoms with Gasteiger partial charge in [-0.1, -0.05) is 6.07 Å². The van der Waals surface area contributed by atoms with E-state index in [0.717, 1.165) is 46.4 Å². The Kier molecular flexibility index (Phi) is 6.26. The number of thiophene rings is 1. The van der Waals surface area contributed by atoms with Crippen molar-refractivity contribution in [3.8, 4) is 0 Å². The topological polar surface area (TPSA) is 80.8 Å². The molecule has 2 heterocycles. The maximum atomic E-state index is 12.8. The Morgan fingerprint density at radius 2 is 1.79 bits per heavy atom. The van der Waals surface area contributed by atoms with E-state index in [4.69, 9.17) is 4.74 Å². The molecule has 0 amide bonds. The van der Waals surface area contributed by atoms with Crippen molar-refractivity contribution in [2.75, 3.05) is 13.1 Å². The molecule has 1 saturated heterocycles. The van der Waals surface area contributed by atoms with Crippen molar-refractivity contribution in [1.82, 2.24) is 4.31 Å². The zero-order valence-corrected chi connectivity index (χ0v) is 18.7. The average Bonchev–Trinajstić information content (AvgIpc) is 3.33. The molecule has 0 unspecified atom stereocenters. The quantitative estimate of drug-likeness (QED) is 0.506. The lowest BCUT2D eigenvalue weighted by Gasteiger charge is -2.17. The molecule has 1 aromatic heterocycles. The molecule has 6 nitrogen and oxygen atoms in total. The Morgan fingerprint density at radius 3 is 2.41 bits per heavy atom. The summed E-state index contributed by atoms with van der Waals surface area (Å²) in [4.78, 5) is 24.8. The number of carbonyl (C=O) groups is 2. The second kappa shape index (κ2) is 8.38. The van der Waals surface area contributed by atoms with Crippen LogP contribution in [0.4, 0.5) is 0 Å². The van der Waals surface area contributed by atoms with E-state index >= 15 is 0 Å². The molecule has 3 rings (SSSR count).